The summed E-state index contributed by atoms with van der Waals surface area (Å²) in [7, 11) is 0. The average Bonchev–Trinajstić information content (AvgIpc) is 2.54. The zero-order valence-corrected chi connectivity index (χ0v) is 12.5. The topological polar surface area (TPSA) is 55.0 Å². The lowest BCUT2D eigenvalue weighted by Gasteiger charge is -2.29. The molecule has 5 heteroatoms. The number of aromatic nitrogens is 2. The van der Waals surface area contributed by atoms with Crippen molar-refractivity contribution in [3.05, 3.63) is 5.69 Å². The van der Waals surface area contributed by atoms with Gasteiger partial charge in [0.25, 0.3) is 0 Å². The van der Waals surface area contributed by atoms with Crippen molar-refractivity contribution in [1.82, 2.24) is 14.5 Å². The van der Waals surface area contributed by atoms with E-state index in [-0.39, 0.29) is 0 Å². The molecule has 0 radical (unpaired) electrons. The maximum Gasteiger partial charge on any atom is 0.132 e. The monoisotopic (exact) mass is 268 g/mol. The van der Waals surface area contributed by atoms with Crippen molar-refractivity contribution in [3.63, 3.8) is 0 Å². The third-order valence-electron chi connectivity index (χ3n) is 4.00. The molecule has 0 saturated carbocycles. The Bertz CT molecular complexity index is 383. The number of hydrogen-bond acceptors (Lipinski definition) is 5. The van der Waals surface area contributed by atoms with Gasteiger partial charge in [-0.15, -0.1) is 5.10 Å². The minimum Gasteiger partial charge on any atom is -0.388 e. The van der Waals surface area contributed by atoms with Crippen molar-refractivity contribution >= 4 is 16.5 Å². The van der Waals surface area contributed by atoms with Crippen molar-refractivity contribution in [2.24, 2.45) is 11.3 Å². The normalized spacial score (nSPS) is 22.9. The highest BCUT2D eigenvalue weighted by Gasteiger charge is 2.27. The van der Waals surface area contributed by atoms with E-state index in [1.165, 1.54) is 30.8 Å². The second kappa shape index (κ2) is 5.53. The largest absolute Gasteiger partial charge is 0.388 e. The number of nitrogen functional groups attached to an aromatic ring is 1. The first-order valence-electron chi connectivity index (χ1n) is 6.76. The molecule has 2 rings (SSSR count). The molecule has 1 aromatic heterocycles. The van der Waals surface area contributed by atoms with Crippen LogP contribution in [0.4, 0.5) is 5.00 Å². The Kier molecular flexibility index (Phi) is 4.22. The van der Waals surface area contributed by atoms with Crippen LogP contribution >= 0.6 is 11.5 Å². The van der Waals surface area contributed by atoms with E-state index >= 15 is 0 Å². The van der Waals surface area contributed by atoms with E-state index in [0.717, 1.165) is 36.2 Å². The van der Waals surface area contributed by atoms with Gasteiger partial charge in [0.15, 0.2) is 0 Å². The van der Waals surface area contributed by atoms with E-state index in [1.54, 1.807) is 0 Å². The SMILES string of the molecule is CC(C)(C)C1CCCN(Cc2nnsc2N)CC1. The fourth-order valence-electron chi connectivity index (χ4n) is 2.72. The number of hydrogen-bond donors (Lipinski definition) is 1. The Morgan fingerprint density at radius 3 is 2.72 bits per heavy atom. The molecule has 0 aromatic carbocycles. The van der Waals surface area contributed by atoms with Crippen LogP contribution < -0.4 is 5.73 Å². The fraction of sp³-hybridized carbons (Fsp3) is 0.846. The van der Waals surface area contributed by atoms with Gasteiger partial charge in [-0.3, -0.25) is 4.90 Å². The van der Waals surface area contributed by atoms with Gasteiger partial charge in [-0.1, -0.05) is 25.3 Å². The summed E-state index contributed by atoms with van der Waals surface area (Å²) in [5, 5.41) is 4.88. The van der Waals surface area contributed by atoms with Crippen molar-refractivity contribution < 1.29 is 0 Å². The summed E-state index contributed by atoms with van der Waals surface area (Å²) in [4.78, 5) is 2.47. The molecule has 1 aliphatic heterocycles. The molecule has 1 aromatic rings. The zero-order valence-electron chi connectivity index (χ0n) is 11.6. The van der Waals surface area contributed by atoms with Gasteiger partial charge in [-0.2, -0.15) is 0 Å². The highest BCUT2D eigenvalue weighted by atomic mass is 32.1. The van der Waals surface area contributed by atoms with E-state index in [1.807, 2.05) is 0 Å². The number of likely N-dealkylation sites (tertiary alicyclic amines) is 1. The number of nitrogens with zero attached hydrogens (tertiary/aromatic N) is 3. The quantitative estimate of drug-likeness (QED) is 0.896. The summed E-state index contributed by atoms with van der Waals surface area (Å²) < 4.78 is 3.90. The van der Waals surface area contributed by atoms with E-state index < -0.39 is 0 Å². The second-order valence-electron chi connectivity index (χ2n) is 6.35. The van der Waals surface area contributed by atoms with Crippen molar-refractivity contribution in [2.45, 2.75) is 46.6 Å². The third-order valence-corrected chi connectivity index (χ3v) is 4.60. The molecule has 102 valence electrons. The van der Waals surface area contributed by atoms with Gasteiger partial charge in [0.05, 0.1) is 0 Å². The van der Waals surface area contributed by atoms with Crippen LogP contribution in [0.15, 0.2) is 0 Å². The van der Waals surface area contributed by atoms with Crippen molar-refractivity contribution in [1.29, 1.82) is 0 Å². The van der Waals surface area contributed by atoms with E-state index in [0.29, 0.717) is 5.41 Å². The predicted octanol–water partition coefficient (Wildman–Crippen LogP) is 2.77. The van der Waals surface area contributed by atoms with E-state index in [4.69, 9.17) is 5.73 Å². The van der Waals surface area contributed by atoms with Crippen LogP contribution in [0, 0.1) is 11.3 Å². The molecule has 1 fully saturated rings. The minimum atomic E-state index is 0.428. The summed E-state index contributed by atoms with van der Waals surface area (Å²) in [6, 6.07) is 0. The molecular formula is C13H24N4S. The summed E-state index contributed by atoms with van der Waals surface area (Å²) in [5.41, 5.74) is 7.24. The number of rotatable bonds is 2. The zero-order chi connectivity index (χ0) is 13.2. The molecule has 1 saturated heterocycles. The Hall–Kier alpha value is -0.680. The van der Waals surface area contributed by atoms with E-state index in [2.05, 4.69) is 35.3 Å². The fourth-order valence-corrected chi connectivity index (χ4v) is 3.16. The van der Waals surface area contributed by atoms with Gasteiger partial charge in [0, 0.05) is 18.1 Å². The summed E-state index contributed by atoms with van der Waals surface area (Å²) in [6.07, 6.45) is 3.89. The molecule has 2 heterocycles. The van der Waals surface area contributed by atoms with Crippen LogP contribution in [0.5, 0.6) is 0 Å². The van der Waals surface area contributed by atoms with Gasteiger partial charge in [-0.25, -0.2) is 0 Å². The Morgan fingerprint density at radius 1 is 1.33 bits per heavy atom. The van der Waals surface area contributed by atoms with E-state index in [9.17, 15) is 0 Å². The molecule has 0 amide bonds. The highest BCUT2D eigenvalue weighted by molar-refractivity contribution is 7.09. The van der Waals surface area contributed by atoms with Crippen LogP contribution in [0.1, 0.15) is 45.7 Å². The van der Waals surface area contributed by atoms with Gasteiger partial charge < -0.3 is 5.73 Å². The lowest BCUT2D eigenvalue weighted by atomic mass is 9.77. The summed E-state index contributed by atoms with van der Waals surface area (Å²) in [5.74, 6) is 0.827. The number of anilines is 1. The molecule has 1 atom stereocenters. The van der Waals surface area contributed by atoms with Gasteiger partial charge in [0.1, 0.15) is 10.7 Å². The molecular weight excluding hydrogens is 244 g/mol. The number of nitrogens with two attached hydrogens (primary N) is 1. The lowest BCUT2D eigenvalue weighted by molar-refractivity contribution is 0.206. The standard InChI is InChI=1S/C13H24N4S/c1-13(2,3)10-5-4-7-17(8-6-10)9-11-12(14)18-16-15-11/h10H,4-9,14H2,1-3H3. The Balaban J connectivity index is 1.92. The first kappa shape index (κ1) is 13.7. The molecule has 0 aliphatic carbocycles. The second-order valence-corrected chi connectivity index (χ2v) is 7.14. The smallest absolute Gasteiger partial charge is 0.132 e. The van der Waals surface area contributed by atoms with Crippen LogP contribution in [0.25, 0.3) is 0 Å². The maximum absolute atomic E-state index is 5.86. The molecule has 2 N–H and O–H groups in total. The molecule has 1 aliphatic rings. The highest BCUT2D eigenvalue weighted by Crippen LogP contribution is 2.34. The first-order chi connectivity index (χ1) is 8.47. The average molecular weight is 268 g/mol. The first-order valence-corrected chi connectivity index (χ1v) is 7.53. The van der Waals surface area contributed by atoms with Crippen LogP contribution in [-0.2, 0) is 6.54 Å². The van der Waals surface area contributed by atoms with Gasteiger partial charge in [-0.05, 0) is 43.7 Å². The molecule has 18 heavy (non-hydrogen) atoms. The maximum atomic E-state index is 5.86. The summed E-state index contributed by atoms with van der Waals surface area (Å²) in [6.45, 7) is 10.2. The molecule has 0 bridgehead atoms. The van der Waals surface area contributed by atoms with Crippen LogP contribution in [0.2, 0.25) is 0 Å². The third kappa shape index (κ3) is 3.42. The summed E-state index contributed by atoms with van der Waals surface area (Å²) >= 11 is 1.29. The van der Waals surface area contributed by atoms with Gasteiger partial charge in [0.2, 0.25) is 0 Å². The molecule has 4 nitrogen and oxygen atoms in total. The van der Waals surface area contributed by atoms with Gasteiger partial charge >= 0.3 is 0 Å². The Labute approximate surface area is 114 Å². The van der Waals surface area contributed by atoms with Crippen LogP contribution in [0.3, 0.4) is 0 Å². The lowest BCUT2D eigenvalue weighted by Crippen LogP contribution is -2.26. The minimum absolute atomic E-state index is 0.428. The predicted molar refractivity (Wildman–Crippen MR) is 76.4 cm³/mol. The molecule has 1 unspecified atom stereocenters. The van der Waals surface area contributed by atoms with Crippen LogP contribution in [-0.4, -0.2) is 27.6 Å². The van der Waals surface area contributed by atoms with Crippen molar-refractivity contribution in [2.75, 3.05) is 18.8 Å². The van der Waals surface area contributed by atoms with Crippen molar-refractivity contribution in [3.8, 4) is 0 Å². The molecule has 0 spiro atoms. The Morgan fingerprint density at radius 2 is 2.11 bits per heavy atom.